The van der Waals surface area contributed by atoms with Gasteiger partial charge in [0, 0.05) is 25.3 Å². The van der Waals surface area contributed by atoms with Crippen LogP contribution in [0.5, 0.6) is 5.75 Å². The molecule has 1 aliphatic rings. The molecule has 0 aromatic carbocycles. The van der Waals surface area contributed by atoms with Crippen LogP contribution in [0, 0.1) is 5.92 Å². The van der Waals surface area contributed by atoms with Gasteiger partial charge in [0.15, 0.2) is 16.5 Å². The summed E-state index contributed by atoms with van der Waals surface area (Å²) in [6, 6.07) is 1.95. The molecule has 0 unspecified atom stereocenters. The third kappa shape index (κ3) is 4.77. The molecule has 0 radical (unpaired) electrons. The summed E-state index contributed by atoms with van der Waals surface area (Å²) in [5.74, 6) is 1.57. The van der Waals surface area contributed by atoms with Gasteiger partial charge in [0.2, 0.25) is 11.6 Å². The predicted molar refractivity (Wildman–Crippen MR) is 102 cm³/mol. The molecule has 2 aromatic heterocycles. The fraction of sp³-hybridized carbons (Fsp3) is 0.625. The Kier molecular flexibility index (Phi) is 6.20. The van der Waals surface area contributed by atoms with E-state index < -0.39 is 10.7 Å². The maximum absolute atomic E-state index is 10.8. The van der Waals surface area contributed by atoms with Crippen LogP contribution in [0.3, 0.4) is 0 Å². The SMILES string of the molecule is CC(C)COc1c(Cl)ccn2nc(NC3CCN(C[SH](=O)=O)CC3)nc12. The highest BCUT2D eigenvalue weighted by Gasteiger charge is 2.21. The third-order valence-corrected chi connectivity index (χ3v) is 5.14. The molecule has 1 N–H and O–H groups in total. The van der Waals surface area contributed by atoms with Gasteiger partial charge in [0.25, 0.3) is 0 Å². The number of halogens is 1. The first-order valence-electron chi connectivity index (χ1n) is 8.70. The highest BCUT2D eigenvalue weighted by Crippen LogP contribution is 2.29. The number of piperidine rings is 1. The quantitative estimate of drug-likeness (QED) is 0.684. The summed E-state index contributed by atoms with van der Waals surface area (Å²) in [4.78, 5) is 6.48. The van der Waals surface area contributed by atoms with E-state index in [-0.39, 0.29) is 11.9 Å². The van der Waals surface area contributed by atoms with E-state index in [1.807, 2.05) is 4.90 Å². The van der Waals surface area contributed by atoms with Crippen LogP contribution < -0.4 is 10.1 Å². The van der Waals surface area contributed by atoms with Gasteiger partial charge in [0.05, 0.1) is 17.5 Å². The smallest absolute Gasteiger partial charge is 0.243 e. The molecule has 10 heteroatoms. The van der Waals surface area contributed by atoms with E-state index in [1.165, 1.54) is 0 Å². The number of hydrogen-bond acceptors (Lipinski definition) is 7. The maximum Gasteiger partial charge on any atom is 0.243 e. The first-order valence-corrected chi connectivity index (χ1v) is 10.4. The van der Waals surface area contributed by atoms with Crippen molar-refractivity contribution in [2.24, 2.45) is 5.92 Å². The van der Waals surface area contributed by atoms with Crippen LogP contribution in [0.2, 0.25) is 5.02 Å². The van der Waals surface area contributed by atoms with Crippen LogP contribution in [-0.4, -0.2) is 59.5 Å². The van der Waals surface area contributed by atoms with Crippen molar-refractivity contribution in [3.05, 3.63) is 17.3 Å². The van der Waals surface area contributed by atoms with Crippen LogP contribution in [0.1, 0.15) is 26.7 Å². The summed E-state index contributed by atoms with van der Waals surface area (Å²) in [5.41, 5.74) is 0.585. The van der Waals surface area contributed by atoms with Gasteiger partial charge >= 0.3 is 0 Å². The second kappa shape index (κ2) is 8.41. The molecule has 3 rings (SSSR count). The number of anilines is 1. The van der Waals surface area contributed by atoms with Gasteiger partial charge in [-0.25, -0.2) is 12.9 Å². The van der Waals surface area contributed by atoms with Crippen molar-refractivity contribution >= 4 is 33.9 Å². The van der Waals surface area contributed by atoms with Crippen molar-refractivity contribution in [1.82, 2.24) is 19.5 Å². The molecular weight excluding hydrogens is 378 g/mol. The van der Waals surface area contributed by atoms with Crippen molar-refractivity contribution in [1.29, 1.82) is 0 Å². The Morgan fingerprint density at radius 2 is 2.12 bits per heavy atom. The number of nitrogens with one attached hydrogen (secondary N) is 1. The predicted octanol–water partition coefficient (Wildman–Crippen LogP) is 1.86. The summed E-state index contributed by atoms with van der Waals surface area (Å²) in [6.07, 6.45) is 3.44. The Morgan fingerprint density at radius 3 is 2.77 bits per heavy atom. The Hall–Kier alpha value is -1.58. The molecule has 26 heavy (non-hydrogen) atoms. The summed E-state index contributed by atoms with van der Waals surface area (Å²) in [6.45, 7) is 6.17. The van der Waals surface area contributed by atoms with Crippen LogP contribution in [0.25, 0.3) is 5.65 Å². The number of likely N-dealkylation sites (tertiary alicyclic amines) is 1. The van der Waals surface area contributed by atoms with Gasteiger partial charge in [-0.1, -0.05) is 25.4 Å². The zero-order valence-electron chi connectivity index (χ0n) is 14.9. The maximum atomic E-state index is 10.8. The zero-order valence-corrected chi connectivity index (χ0v) is 16.5. The standard InChI is InChI=1S/C16H24ClN5O3S/c1-11(2)9-25-14-13(17)5-8-22-15(14)19-16(20-22)18-12-3-6-21(7-4-12)10-26(23)24/h5,8,11-12,26H,3-4,6-7,9-10H2,1-2H3,(H,18,20). The molecule has 144 valence electrons. The molecule has 1 fully saturated rings. The third-order valence-electron chi connectivity index (χ3n) is 4.21. The van der Waals surface area contributed by atoms with Crippen molar-refractivity contribution < 1.29 is 13.2 Å². The van der Waals surface area contributed by atoms with Crippen molar-refractivity contribution in [2.75, 3.05) is 30.9 Å². The van der Waals surface area contributed by atoms with Crippen LogP contribution >= 0.6 is 11.6 Å². The lowest BCUT2D eigenvalue weighted by molar-refractivity contribution is 0.250. The van der Waals surface area contributed by atoms with Gasteiger partial charge in [-0.05, 0) is 24.8 Å². The molecular formula is C16H24ClN5O3S. The molecule has 1 aliphatic heterocycles. The molecule has 3 heterocycles. The van der Waals surface area contributed by atoms with E-state index in [1.54, 1.807) is 16.8 Å². The number of fused-ring (bicyclic) bond motifs is 1. The van der Waals surface area contributed by atoms with Crippen molar-refractivity contribution in [3.63, 3.8) is 0 Å². The van der Waals surface area contributed by atoms with Gasteiger partial charge in [-0.2, -0.15) is 4.98 Å². The van der Waals surface area contributed by atoms with E-state index in [9.17, 15) is 8.42 Å². The summed E-state index contributed by atoms with van der Waals surface area (Å²) >= 11 is 6.26. The fourth-order valence-electron chi connectivity index (χ4n) is 2.91. The zero-order chi connectivity index (χ0) is 18.7. The molecule has 0 atom stereocenters. The Bertz CT molecular complexity index is 823. The number of nitrogens with zero attached hydrogens (tertiary/aromatic N) is 4. The first kappa shape index (κ1) is 19.2. The topological polar surface area (TPSA) is 88.8 Å². The van der Waals surface area contributed by atoms with E-state index in [2.05, 4.69) is 29.2 Å². The van der Waals surface area contributed by atoms with E-state index >= 15 is 0 Å². The molecule has 0 amide bonds. The normalized spacial score (nSPS) is 16.7. The van der Waals surface area contributed by atoms with Gasteiger partial charge in [-0.3, -0.25) is 4.90 Å². The Morgan fingerprint density at radius 1 is 1.38 bits per heavy atom. The molecule has 0 aliphatic carbocycles. The van der Waals surface area contributed by atoms with Crippen LogP contribution in [-0.2, 0) is 10.7 Å². The Balaban J connectivity index is 1.69. The molecule has 2 aromatic rings. The molecule has 0 spiro atoms. The lowest BCUT2D eigenvalue weighted by atomic mass is 10.1. The minimum atomic E-state index is -2.36. The fourth-order valence-corrected chi connectivity index (χ4v) is 3.71. The van der Waals surface area contributed by atoms with Crippen molar-refractivity contribution in [3.8, 4) is 5.75 Å². The minimum Gasteiger partial charge on any atom is -0.488 e. The van der Waals surface area contributed by atoms with Crippen LogP contribution in [0.4, 0.5) is 5.95 Å². The number of rotatable bonds is 7. The number of ether oxygens (including phenoxy) is 1. The molecule has 0 saturated carbocycles. The molecule has 0 bridgehead atoms. The highest BCUT2D eigenvalue weighted by atomic mass is 35.5. The first-order chi connectivity index (χ1) is 12.4. The second-order valence-corrected chi connectivity index (χ2v) is 8.27. The number of hydrogen-bond donors (Lipinski definition) is 2. The van der Waals surface area contributed by atoms with Gasteiger partial charge < -0.3 is 10.1 Å². The van der Waals surface area contributed by atoms with E-state index in [4.69, 9.17) is 16.3 Å². The lowest BCUT2D eigenvalue weighted by Gasteiger charge is -2.30. The lowest BCUT2D eigenvalue weighted by Crippen LogP contribution is -2.40. The summed E-state index contributed by atoms with van der Waals surface area (Å²) in [5, 5.41) is 8.30. The molecule has 8 nitrogen and oxygen atoms in total. The number of aromatic nitrogens is 3. The second-order valence-electron chi connectivity index (χ2n) is 6.91. The monoisotopic (exact) mass is 401 g/mol. The summed E-state index contributed by atoms with van der Waals surface area (Å²) < 4.78 is 29.1. The van der Waals surface area contributed by atoms with E-state index in [0.29, 0.717) is 34.9 Å². The molecule has 1 saturated heterocycles. The highest BCUT2D eigenvalue weighted by molar-refractivity contribution is 7.72. The summed E-state index contributed by atoms with van der Waals surface area (Å²) in [7, 11) is -2.36. The average Bonchev–Trinajstić information content (AvgIpc) is 2.97. The van der Waals surface area contributed by atoms with Crippen molar-refractivity contribution in [2.45, 2.75) is 32.7 Å². The number of pyridine rings is 1. The van der Waals surface area contributed by atoms with Crippen LogP contribution in [0.15, 0.2) is 12.3 Å². The van der Waals surface area contributed by atoms with Gasteiger partial charge in [-0.15, -0.1) is 5.10 Å². The van der Waals surface area contributed by atoms with Gasteiger partial charge in [0.1, 0.15) is 0 Å². The minimum absolute atomic E-state index is 0.129. The van der Waals surface area contributed by atoms with E-state index in [0.717, 1.165) is 25.9 Å². The Labute approximate surface area is 159 Å². The average molecular weight is 402 g/mol. The number of thiol groups is 1. The largest absolute Gasteiger partial charge is 0.488 e.